The second kappa shape index (κ2) is 27.8. The molecule has 0 aromatic heterocycles. The molecule has 1 aliphatic carbocycles. The minimum atomic E-state index is -1.31. The number of carbonyl (C=O) groups excluding carboxylic acids is 9. The summed E-state index contributed by atoms with van der Waals surface area (Å²) in [5, 5.41) is 13.6. The zero-order chi connectivity index (χ0) is 59.3. The molecule has 2 fully saturated rings. The van der Waals surface area contributed by atoms with E-state index in [4.69, 9.17) is 40.0 Å². The van der Waals surface area contributed by atoms with Crippen molar-refractivity contribution in [3.05, 3.63) is 147 Å². The largest absolute Gasteiger partial charge is 0.460 e. The van der Waals surface area contributed by atoms with Crippen LogP contribution in [0.25, 0.3) is 11.1 Å². The van der Waals surface area contributed by atoms with Crippen LogP contribution in [-0.4, -0.2) is 135 Å². The molecule has 2 saturated heterocycles. The Balaban J connectivity index is 0.706. The first-order valence-corrected chi connectivity index (χ1v) is 27.3. The molecule has 84 heavy (non-hydrogen) atoms. The van der Waals surface area contributed by atoms with Crippen LogP contribution in [0.4, 0.5) is 25.8 Å². The van der Waals surface area contributed by atoms with Gasteiger partial charge in [-0.1, -0.05) is 84.4 Å². The molecule has 3 unspecified atom stereocenters. The number of piperidine rings is 1. The fraction of sp³-hybridized carbons (Fsp3) is 0.339. The van der Waals surface area contributed by atoms with E-state index < -0.39 is 60.4 Å². The second-order valence-electron chi connectivity index (χ2n) is 19.9. The Bertz CT molecular complexity index is 3300. The van der Waals surface area contributed by atoms with Gasteiger partial charge < -0.3 is 59.5 Å². The summed E-state index contributed by atoms with van der Waals surface area (Å²) in [4.78, 5) is 124. The Hall–Kier alpha value is -9.10. The molecule has 4 aliphatic rings. The highest BCUT2D eigenvalue weighted by molar-refractivity contribution is 6.31. The average molecular weight is 1170 g/mol. The van der Waals surface area contributed by atoms with Gasteiger partial charge in [0.05, 0.1) is 25.5 Å². The lowest BCUT2D eigenvalue weighted by Crippen LogP contribution is -2.52. The number of alkyl carbamates (subject to hydrolysis) is 1. The van der Waals surface area contributed by atoms with Gasteiger partial charge in [0.15, 0.2) is 6.10 Å². The van der Waals surface area contributed by atoms with Gasteiger partial charge in [-0.15, -0.1) is 0 Å². The minimum Gasteiger partial charge on any atom is -0.460 e. The van der Waals surface area contributed by atoms with E-state index in [0.29, 0.717) is 28.3 Å². The predicted octanol–water partition coefficient (Wildman–Crippen LogP) is 6.26. The summed E-state index contributed by atoms with van der Waals surface area (Å²) < 4.78 is 34.2. The fourth-order valence-electron chi connectivity index (χ4n) is 9.78. The number of ether oxygens (including phenoxy) is 6. The van der Waals surface area contributed by atoms with Crippen molar-refractivity contribution in [2.45, 2.75) is 76.7 Å². The van der Waals surface area contributed by atoms with Gasteiger partial charge >= 0.3 is 30.2 Å². The molecule has 5 aromatic carbocycles. The summed E-state index contributed by atoms with van der Waals surface area (Å²) in [6.45, 7) is 1.47. The lowest BCUT2D eigenvalue weighted by atomic mass is 9.98. The van der Waals surface area contributed by atoms with Crippen LogP contribution in [0.1, 0.15) is 75.8 Å². The first-order valence-electron chi connectivity index (χ1n) is 26.9. The number of urea groups is 1. The number of nitrogens with one attached hydrogen (secondary N) is 5. The number of halogens is 1. The monoisotopic (exact) mass is 1170 g/mol. The van der Waals surface area contributed by atoms with Crippen LogP contribution in [0, 0.1) is 0 Å². The fourth-order valence-corrected chi connectivity index (χ4v) is 10.1. The summed E-state index contributed by atoms with van der Waals surface area (Å²) in [5.74, 6) is -3.60. The van der Waals surface area contributed by atoms with Crippen LogP contribution in [0.3, 0.4) is 0 Å². The second-order valence-corrected chi connectivity index (χ2v) is 20.3. The zero-order valence-corrected chi connectivity index (χ0v) is 46.5. The van der Waals surface area contributed by atoms with Crippen LogP contribution >= 0.6 is 11.6 Å². The van der Waals surface area contributed by atoms with Crippen molar-refractivity contribution in [2.24, 2.45) is 0 Å². The average Bonchev–Trinajstić information content (AvgIpc) is 2.09. The van der Waals surface area contributed by atoms with Gasteiger partial charge in [-0.25, -0.2) is 33.7 Å². The molecule has 440 valence electrons. The van der Waals surface area contributed by atoms with E-state index in [1.165, 1.54) is 29.0 Å². The summed E-state index contributed by atoms with van der Waals surface area (Å²) in [6, 6.07) is 29.6. The van der Waals surface area contributed by atoms with Gasteiger partial charge in [0.2, 0.25) is 24.0 Å². The van der Waals surface area contributed by atoms with E-state index in [0.717, 1.165) is 45.9 Å². The zero-order valence-electron chi connectivity index (χ0n) is 45.7. The molecule has 8 amide bonds. The van der Waals surface area contributed by atoms with Crippen LogP contribution in [0.5, 0.6) is 5.75 Å². The summed E-state index contributed by atoms with van der Waals surface area (Å²) in [7, 11) is 1.54. The molecular weight excluding hydrogens is 1110 g/mol. The van der Waals surface area contributed by atoms with Gasteiger partial charge in [0.25, 0.3) is 5.91 Å². The topological polar surface area (TPSA) is 294 Å². The van der Waals surface area contributed by atoms with Crippen molar-refractivity contribution >= 4 is 76.8 Å². The normalized spacial score (nSPS) is 16.9. The molecule has 24 nitrogen and oxygen atoms in total. The molecule has 0 bridgehead atoms. The predicted molar refractivity (Wildman–Crippen MR) is 298 cm³/mol. The van der Waals surface area contributed by atoms with Crippen molar-refractivity contribution in [2.75, 3.05) is 63.8 Å². The van der Waals surface area contributed by atoms with Gasteiger partial charge in [-0.2, -0.15) is 0 Å². The number of hydrogen-bond acceptors (Lipinski definition) is 17. The Labute approximate surface area is 486 Å². The number of benzene rings is 5. The van der Waals surface area contributed by atoms with E-state index in [1.807, 2.05) is 54.6 Å². The standard InChI is InChI=1S/C59H60ClN7O17/c1-34(68)83-84-56(73)50-32-78-33-53(82-50)81-49-17-12-36(26-47(49)64-52(70)19-21-61-58(75)79-31-45-43-9-5-3-7-41(43)42-8-4-6-10-44(42)45)30-80-59(76)66(2)22-24-77-23-20-37-13-14-39(27-46(37)60)63-57(74)62-28-35-11-15-40-38(25-35)29-67(55(40)72)48-16-18-51(69)65-54(48)71/h3-15,17,25-27,45,48,50,53H,16,18-24,28-33H2,1-2H3,(H,61,75)(H,64,70)(H2,62,63,74)(H,65,69,71). The summed E-state index contributed by atoms with van der Waals surface area (Å²) in [6.07, 6.45) is -3.19. The number of imide groups is 1. The van der Waals surface area contributed by atoms with Crippen LogP contribution < -0.4 is 31.3 Å². The van der Waals surface area contributed by atoms with Gasteiger partial charge in [-0.05, 0) is 87.7 Å². The quantitative estimate of drug-likeness (QED) is 0.0234. The lowest BCUT2D eigenvalue weighted by Gasteiger charge is -2.29. The number of amides is 8. The van der Waals surface area contributed by atoms with Gasteiger partial charge in [-0.3, -0.25) is 24.5 Å². The van der Waals surface area contributed by atoms with E-state index in [-0.39, 0.29) is 114 Å². The molecule has 3 heterocycles. The van der Waals surface area contributed by atoms with Crippen LogP contribution in [-0.2, 0) is 83.5 Å². The Kier molecular flexibility index (Phi) is 19.7. The number of anilines is 2. The Morgan fingerprint density at radius 1 is 0.810 bits per heavy atom. The van der Waals surface area contributed by atoms with E-state index in [1.54, 1.807) is 36.4 Å². The summed E-state index contributed by atoms with van der Waals surface area (Å²) >= 11 is 6.57. The van der Waals surface area contributed by atoms with Gasteiger partial charge in [0.1, 0.15) is 31.6 Å². The van der Waals surface area contributed by atoms with Crippen molar-refractivity contribution in [1.29, 1.82) is 0 Å². The smallest absolute Gasteiger partial charge is 0.409 e. The number of rotatable bonds is 21. The molecule has 0 spiro atoms. The van der Waals surface area contributed by atoms with Crippen molar-refractivity contribution < 1.29 is 81.3 Å². The Morgan fingerprint density at radius 2 is 1.57 bits per heavy atom. The molecular formula is C59H60ClN7O17. The SMILES string of the molecule is CC(=O)OOC(=O)C1COCC(Oc2ccc(COC(=O)N(C)CCOCCc3ccc(NC(=O)NCc4ccc5c(c4)CN(C4CCC(=O)NC4=O)C5=O)cc3Cl)cc2NC(=O)CCNC(=O)OCC2c3ccccc3-c3ccccc32)O1. The maximum atomic E-state index is 13.4. The number of carbonyl (C=O) groups is 9. The van der Waals surface area contributed by atoms with Crippen LogP contribution in [0.15, 0.2) is 103 Å². The molecule has 3 aliphatic heterocycles. The molecule has 0 radical (unpaired) electrons. The van der Waals surface area contributed by atoms with E-state index >= 15 is 0 Å². The highest BCUT2D eigenvalue weighted by atomic mass is 35.5. The number of fused-ring (bicyclic) bond motifs is 4. The van der Waals surface area contributed by atoms with Crippen LogP contribution in [0.2, 0.25) is 5.02 Å². The Morgan fingerprint density at radius 3 is 2.32 bits per heavy atom. The molecule has 9 rings (SSSR count). The number of likely N-dealkylation sites (N-methyl/N-ethyl adjacent to an activating group) is 1. The third-order valence-electron chi connectivity index (χ3n) is 14.0. The lowest BCUT2D eigenvalue weighted by molar-refractivity contribution is -0.278. The highest BCUT2D eigenvalue weighted by Gasteiger charge is 2.39. The van der Waals surface area contributed by atoms with E-state index in [9.17, 15) is 43.2 Å². The molecule has 25 heteroatoms. The van der Waals surface area contributed by atoms with Crippen molar-refractivity contribution in [3.63, 3.8) is 0 Å². The van der Waals surface area contributed by atoms with E-state index in [2.05, 4.69) is 36.4 Å². The summed E-state index contributed by atoms with van der Waals surface area (Å²) in [5.41, 5.74) is 8.02. The third kappa shape index (κ3) is 15.3. The molecule has 5 N–H and O–H groups in total. The number of hydrogen-bond donors (Lipinski definition) is 5. The number of nitrogens with zero attached hydrogens (tertiary/aromatic N) is 2. The molecule has 5 aromatic rings. The first-order chi connectivity index (χ1) is 40.6. The first kappa shape index (κ1) is 59.5. The molecule has 0 saturated carbocycles. The van der Waals surface area contributed by atoms with Crippen molar-refractivity contribution in [3.8, 4) is 16.9 Å². The van der Waals surface area contributed by atoms with Crippen molar-refractivity contribution in [1.82, 2.24) is 25.8 Å². The highest BCUT2D eigenvalue weighted by Crippen LogP contribution is 2.44. The minimum absolute atomic E-state index is 0.0790. The third-order valence-corrected chi connectivity index (χ3v) is 14.3. The maximum Gasteiger partial charge on any atom is 0.409 e. The maximum absolute atomic E-state index is 13.4. The van der Waals surface area contributed by atoms with Gasteiger partial charge in [0, 0.05) is 75.2 Å². The molecule has 3 atom stereocenters.